The summed E-state index contributed by atoms with van der Waals surface area (Å²) < 4.78 is 24.4. The summed E-state index contributed by atoms with van der Waals surface area (Å²) in [5.74, 6) is 0.0493. The Morgan fingerprint density at radius 1 is 1.20 bits per heavy atom. The fourth-order valence-electron chi connectivity index (χ4n) is 2.52. The molecule has 0 aliphatic heterocycles. The van der Waals surface area contributed by atoms with Gasteiger partial charge in [0.25, 0.3) is 0 Å². The highest BCUT2D eigenvalue weighted by Gasteiger charge is 2.18. The summed E-state index contributed by atoms with van der Waals surface area (Å²) in [5, 5.41) is 0.595. The van der Waals surface area contributed by atoms with Crippen LogP contribution in [0.4, 0.5) is 9.18 Å². The van der Waals surface area contributed by atoms with Gasteiger partial charge in [-0.15, -0.1) is 0 Å². The largest absolute Gasteiger partial charge is 0.487 e. The second-order valence-corrected chi connectivity index (χ2v) is 5.56. The molecule has 0 unspecified atom stereocenters. The molecule has 0 fully saturated rings. The first-order valence-corrected chi connectivity index (χ1v) is 7.76. The lowest BCUT2D eigenvalue weighted by molar-refractivity contribution is 0.112. The molecule has 0 aliphatic carbocycles. The van der Waals surface area contributed by atoms with E-state index < -0.39 is 12.2 Å². The van der Waals surface area contributed by atoms with Crippen LogP contribution >= 0.6 is 0 Å². The monoisotopic (exact) mass is 340 g/mol. The second-order valence-electron chi connectivity index (χ2n) is 5.56. The Morgan fingerprint density at radius 2 is 1.96 bits per heavy atom. The van der Waals surface area contributed by atoms with Crippen molar-refractivity contribution in [3.63, 3.8) is 0 Å². The van der Waals surface area contributed by atoms with Crippen molar-refractivity contribution >= 4 is 17.0 Å². The van der Waals surface area contributed by atoms with Gasteiger partial charge in [0.05, 0.1) is 5.52 Å². The lowest BCUT2D eigenvalue weighted by Gasteiger charge is -2.17. The van der Waals surface area contributed by atoms with Crippen molar-refractivity contribution in [1.82, 2.24) is 4.98 Å². The molecule has 3 aromatic rings. The van der Waals surface area contributed by atoms with Crippen LogP contribution < -0.4 is 10.5 Å². The maximum atomic E-state index is 13.5. The number of primary amides is 1. The van der Waals surface area contributed by atoms with E-state index in [0.717, 1.165) is 5.56 Å². The number of pyridine rings is 1. The molecule has 6 heteroatoms. The van der Waals surface area contributed by atoms with Crippen molar-refractivity contribution in [3.05, 3.63) is 71.7 Å². The van der Waals surface area contributed by atoms with Gasteiger partial charge in [0.15, 0.2) is 0 Å². The summed E-state index contributed by atoms with van der Waals surface area (Å²) >= 11 is 0. The molecule has 1 heterocycles. The molecule has 1 atom stereocenters. The van der Waals surface area contributed by atoms with Crippen molar-refractivity contribution in [2.75, 3.05) is 0 Å². The van der Waals surface area contributed by atoms with E-state index in [-0.39, 0.29) is 5.82 Å². The molecule has 1 aromatic heterocycles. The Labute approximate surface area is 144 Å². The number of hydrogen-bond donors (Lipinski definition) is 1. The average molecular weight is 340 g/mol. The standard InChI is InChI=1S/C19H17FN2O3/c1-12(25-19(21)23)18-17(24-11-13-5-3-2-4-6-13)10-14-9-15(20)7-8-16(14)22-18/h2-10,12H,11H2,1H3,(H2,21,23)/t12-/m0/s1. The van der Waals surface area contributed by atoms with Crippen molar-refractivity contribution in [1.29, 1.82) is 0 Å². The van der Waals surface area contributed by atoms with Gasteiger partial charge in [-0.05, 0) is 36.8 Å². The molecule has 2 aromatic carbocycles. The van der Waals surface area contributed by atoms with Crippen LogP contribution in [0.1, 0.15) is 24.3 Å². The minimum absolute atomic E-state index is 0.305. The summed E-state index contributed by atoms with van der Waals surface area (Å²) in [6, 6.07) is 15.5. The predicted octanol–water partition coefficient (Wildman–Crippen LogP) is 4.11. The normalized spacial score (nSPS) is 11.9. The topological polar surface area (TPSA) is 74.4 Å². The lowest BCUT2D eigenvalue weighted by Crippen LogP contribution is -2.17. The van der Waals surface area contributed by atoms with Gasteiger partial charge in [0, 0.05) is 5.39 Å². The van der Waals surface area contributed by atoms with Crippen LogP contribution in [0.25, 0.3) is 10.9 Å². The molecule has 0 bridgehead atoms. The van der Waals surface area contributed by atoms with Crippen LogP contribution in [0.3, 0.4) is 0 Å². The van der Waals surface area contributed by atoms with Gasteiger partial charge in [-0.25, -0.2) is 14.2 Å². The Bertz CT molecular complexity index is 900. The predicted molar refractivity (Wildman–Crippen MR) is 91.6 cm³/mol. The number of fused-ring (bicyclic) bond motifs is 1. The zero-order chi connectivity index (χ0) is 17.8. The number of benzene rings is 2. The van der Waals surface area contributed by atoms with Crippen LogP contribution in [-0.2, 0) is 11.3 Å². The molecule has 0 radical (unpaired) electrons. The van der Waals surface area contributed by atoms with E-state index in [0.29, 0.717) is 29.0 Å². The molecular formula is C19H17FN2O3. The third kappa shape index (κ3) is 4.03. The quantitative estimate of drug-likeness (QED) is 0.758. The number of rotatable bonds is 5. The third-order valence-corrected chi connectivity index (χ3v) is 3.68. The Morgan fingerprint density at radius 3 is 2.68 bits per heavy atom. The van der Waals surface area contributed by atoms with Crippen LogP contribution in [0.5, 0.6) is 5.75 Å². The number of amides is 1. The van der Waals surface area contributed by atoms with Crippen LogP contribution in [-0.4, -0.2) is 11.1 Å². The highest BCUT2D eigenvalue weighted by Crippen LogP contribution is 2.30. The van der Waals surface area contributed by atoms with E-state index in [1.54, 1.807) is 19.1 Å². The van der Waals surface area contributed by atoms with Gasteiger partial charge >= 0.3 is 6.09 Å². The average Bonchev–Trinajstić information content (AvgIpc) is 2.59. The smallest absolute Gasteiger partial charge is 0.405 e. The van der Waals surface area contributed by atoms with E-state index in [1.165, 1.54) is 12.1 Å². The highest BCUT2D eigenvalue weighted by molar-refractivity contribution is 5.80. The summed E-state index contributed by atoms with van der Waals surface area (Å²) in [6.45, 7) is 1.96. The number of hydrogen-bond acceptors (Lipinski definition) is 4. The fraction of sp³-hybridized carbons (Fsp3) is 0.158. The second kappa shape index (κ2) is 7.17. The van der Waals surface area contributed by atoms with Gasteiger partial charge in [-0.3, -0.25) is 0 Å². The highest BCUT2D eigenvalue weighted by atomic mass is 19.1. The first-order valence-electron chi connectivity index (χ1n) is 7.76. The summed E-state index contributed by atoms with van der Waals surface area (Å²) in [5.41, 5.74) is 7.07. The summed E-state index contributed by atoms with van der Waals surface area (Å²) in [6.07, 6.45) is -1.60. The maximum absolute atomic E-state index is 13.5. The van der Waals surface area contributed by atoms with E-state index in [2.05, 4.69) is 4.98 Å². The zero-order valence-electron chi connectivity index (χ0n) is 13.6. The number of nitrogens with two attached hydrogens (primary N) is 1. The van der Waals surface area contributed by atoms with Gasteiger partial charge in [-0.1, -0.05) is 30.3 Å². The minimum atomic E-state index is -0.900. The number of halogens is 1. The molecule has 1 amide bonds. The van der Waals surface area contributed by atoms with E-state index in [1.807, 2.05) is 30.3 Å². The number of carbonyl (C=O) groups is 1. The van der Waals surface area contributed by atoms with Gasteiger partial charge in [0.2, 0.25) is 0 Å². The molecule has 5 nitrogen and oxygen atoms in total. The first kappa shape index (κ1) is 16.7. The third-order valence-electron chi connectivity index (χ3n) is 3.68. The SMILES string of the molecule is C[C@H](OC(N)=O)c1nc2ccc(F)cc2cc1OCc1ccccc1. The molecule has 0 saturated carbocycles. The van der Waals surface area contributed by atoms with E-state index in [4.69, 9.17) is 15.2 Å². The summed E-state index contributed by atoms with van der Waals surface area (Å²) in [4.78, 5) is 15.5. The molecule has 3 rings (SSSR count). The number of ether oxygens (including phenoxy) is 2. The summed E-state index contributed by atoms with van der Waals surface area (Å²) in [7, 11) is 0. The van der Waals surface area contributed by atoms with Crippen LogP contribution in [0.15, 0.2) is 54.6 Å². The molecule has 128 valence electrons. The van der Waals surface area contributed by atoms with Crippen LogP contribution in [0.2, 0.25) is 0 Å². The minimum Gasteiger partial charge on any atom is -0.487 e. The van der Waals surface area contributed by atoms with Gasteiger partial charge in [-0.2, -0.15) is 0 Å². The van der Waals surface area contributed by atoms with Gasteiger partial charge < -0.3 is 15.2 Å². The van der Waals surface area contributed by atoms with E-state index in [9.17, 15) is 9.18 Å². The Balaban J connectivity index is 1.98. The fourth-order valence-corrected chi connectivity index (χ4v) is 2.52. The number of nitrogens with zero attached hydrogens (tertiary/aromatic N) is 1. The zero-order valence-corrected chi connectivity index (χ0v) is 13.6. The number of carbonyl (C=O) groups excluding carboxylic acids is 1. The molecule has 25 heavy (non-hydrogen) atoms. The first-order chi connectivity index (χ1) is 12.0. The van der Waals surface area contributed by atoms with Crippen molar-refractivity contribution in [2.45, 2.75) is 19.6 Å². The molecule has 0 spiro atoms. The molecular weight excluding hydrogens is 323 g/mol. The Kier molecular flexibility index (Phi) is 4.79. The van der Waals surface area contributed by atoms with Crippen LogP contribution in [0, 0.1) is 5.82 Å². The number of aromatic nitrogens is 1. The van der Waals surface area contributed by atoms with Crippen molar-refractivity contribution < 1.29 is 18.7 Å². The van der Waals surface area contributed by atoms with Gasteiger partial charge in [0.1, 0.15) is 30.0 Å². The van der Waals surface area contributed by atoms with Crippen molar-refractivity contribution in [3.8, 4) is 5.75 Å². The molecule has 0 aliphatic rings. The maximum Gasteiger partial charge on any atom is 0.405 e. The molecule has 2 N–H and O–H groups in total. The van der Waals surface area contributed by atoms with E-state index >= 15 is 0 Å². The molecule has 0 saturated heterocycles. The lowest BCUT2D eigenvalue weighted by atomic mass is 10.1. The Hall–Kier alpha value is -3.15. The van der Waals surface area contributed by atoms with Crippen molar-refractivity contribution in [2.24, 2.45) is 5.73 Å².